The molecular weight excluding hydrogens is 260 g/mol. The van der Waals surface area contributed by atoms with Crippen molar-refractivity contribution in [2.24, 2.45) is 5.73 Å². The lowest BCUT2D eigenvalue weighted by molar-refractivity contribution is -0.120. The quantitative estimate of drug-likeness (QED) is 0.780. The van der Waals surface area contributed by atoms with Gasteiger partial charge in [-0.15, -0.1) is 0 Å². The van der Waals surface area contributed by atoms with E-state index in [1.807, 2.05) is 36.4 Å². The summed E-state index contributed by atoms with van der Waals surface area (Å²) < 4.78 is 0. The van der Waals surface area contributed by atoms with E-state index in [9.17, 15) is 4.79 Å². The topological polar surface area (TPSA) is 55.1 Å². The second-order valence-electron chi connectivity index (χ2n) is 5.17. The van der Waals surface area contributed by atoms with Gasteiger partial charge in [0.2, 0.25) is 5.91 Å². The standard InChI is InChI=1S/C18H22N2O/c19-18(21)17(12-11-15-7-3-1-4-8-15)20-14-13-16-9-5-2-6-10-16/h1-10,17,20H,11-14H2,(H2,19,21). The summed E-state index contributed by atoms with van der Waals surface area (Å²) in [6.45, 7) is 0.756. The van der Waals surface area contributed by atoms with Crippen molar-refractivity contribution < 1.29 is 4.79 Å². The van der Waals surface area contributed by atoms with Gasteiger partial charge >= 0.3 is 0 Å². The first-order valence-corrected chi connectivity index (χ1v) is 7.36. The number of hydrogen-bond acceptors (Lipinski definition) is 2. The summed E-state index contributed by atoms with van der Waals surface area (Å²) in [5.74, 6) is -0.279. The van der Waals surface area contributed by atoms with Crippen LogP contribution in [0.1, 0.15) is 17.5 Å². The van der Waals surface area contributed by atoms with E-state index in [-0.39, 0.29) is 11.9 Å². The fourth-order valence-electron chi connectivity index (χ4n) is 2.34. The van der Waals surface area contributed by atoms with E-state index in [1.165, 1.54) is 11.1 Å². The lowest BCUT2D eigenvalue weighted by atomic mass is 10.0. The van der Waals surface area contributed by atoms with Crippen molar-refractivity contribution >= 4 is 5.91 Å². The zero-order chi connectivity index (χ0) is 14.9. The van der Waals surface area contributed by atoms with E-state index in [0.29, 0.717) is 0 Å². The van der Waals surface area contributed by atoms with Gasteiger partial charge in [0.15, 0.2) is 0 Å². The summed E-state index contributed by atoms with van der Waals surface area (Å²) in [7, 11) is 0. The summed E-state index contributed by atoms with van der Waals surface area (Å²) >= 11 is 0. The van der Waals surface area contributed by atoms with Crippen LogP contribution in [0.2, 0.25) is 0 Å². The maximum atomic E-state index is 11.5. The number of rotatable bonds is 8. The highest BCUT2D eigenvalue weighted by Gasteiger charge is 2.14. The molecule has 0 aromatic heterocycles. The zero-order valence-electron chi connectivity index (χ0n) is 12.2. The molecule has 1 atom stereocenters. The Kier molecular flexibility index (Phi) is 5.98. The Morgan fingerprint density at radius 1 is 0.905 bits per heavy atom. The van der Waals surface area contributed by atoms with Crippen molar-refractivity contribution in [1.29, 1.82) is 0 Å². The van der Waals surface area contributed by atoms with Gasteiger partial charge in [-0.05, 0) is 36.9 Å². The number of hydrogen-bond donors (Lipinski definition) is 2. The van der Waals surface area contributed by atoms with Crippen molar-refractivity contribution in [3.63, 3.8) is 0 Å². The third kappa shape index (κ3) is 5.40. The maximum Gasteiger partial charge on any atom is 0.234 e. The molecule has 0 aliphatic heterocycles. The predicted octanol–water partition coefficient (Wildman–Crippen LogP) is 2.31. The Hall–Kier alpha value is -2.13. The Morgan fingerprint density at radius 2 is 1.43 bits per heavy atom. The number of amides is 1. The second kappa shape index (κ2) is 8.22. The monoisotopic (exact) mass is 282 g/mol. The summed E-state index contributed by atoms with van der Waals surface area (Å²) in [6.07, 6.45) is 2.48. The number of carbonyl (C=O) groups is 1. The van der Waals surface area contributed by atoms with Crippen LogP contribution in [0.4, 0.5) is 0 Å². The molecule has 3 nitrogen and oxygen atoms in total. The smallest absolute Gasteiger partial charge is 0.234 e. The Morgan fingerprint density at radius 3 is 1.95 bits per heavy atom. The minimum absolute atomic E-state index is 0.270. The normalized spacial score (nSPS) is 12.0. The summed E-state index contributed by atoms with van der Waals surface area (Å²) in [6, 6.07) is 20.1. The number of nitrogens with one attached hydrogen (secondary N) is 1. The van der Waals surface area contributed by atoms with Crippen molar-refractivity contribution in [2.75, 3.05) is 6.54 Å². The van der Waals surface area contributed by atoms with E-state index in [2.05, 4.69) is 29.6 Å². The second-order valence-corrected chi connectivity index (χ2v) is 5.17. The minimum atomic E-state index is -0.279. The highest BCUT2D eigenvalue weighted by atomic mass is 16.1. The van der Waals surface area contributed by atoms with Crippen LogP contribution in [0.25, 0.3) is 0 Å². The van der Waals surface area contributed by atoms with Crippen LogP contribution in [0.3, 0.4) is 0 Å². The molecule has 2 aromatic rings. The molecule has 110 valence electrons. The van der Waals surface area contributed by atoms with E-state index < -0.39 is 0 Å². The third-order valence-electron chi connectivity index (χ3n) is 3.56. The molecule has 2 rings (SSSR count). The SMILES string of the molecule is NC(=O)C(CCc1ccccc1)NCCc1ccccc1. The van der Waals surface area contributed by atoms with Gasteiger partial charge in [-0.25, -0.2) is 0 Å². The molecule has 0 aliphatic carbocycles. The van der Waals surface area contributed by atoms with Crippen LogP contribution in [0.15, 0.2) is 60.7 Å². The minimum Gasteiger partial charge on any atom is -0.368 e. The molecule has 21 heavy (non-hydrogen) atoms. The van der Waals surface area contributed by atoms with Crippen molar-refractivity contribution in [3.8, 4) is 0 Å². The highest BCUT2D eigenvalue weighted by Crippen LogP contribution is 2.05. The number of aryl methyl sites for hydroxylation is 1. The lowest BCUT2D eigenvalue weighted by Crippen LogP contribution is -2.42. The number of benzene rings is 2. The molecule has 1 amide bonds. The lowest BCUT2D eigenvalue weighted by Gasteiger charge is -2.15. The van der Waals surface area contributed by atoms with Crippen LogP contribution in [-0.4, -0.2) is 18.5 Å². The fraction of sp³-hybridized carbons (Fsp3) is 0.278. The summed E-state index contributed by atoms with van der Waals surface area (Å²) in [4.78, 5) is 11.5. The molecule has 0 radical (unpaired) electrons. The molecule has 0 saturated carbocycles. The first-order chi connectivity index (χ1) is 10.3. The van der Waals surface area contributed by atoms with Crippen molar-refractivity contribution in [2.45, 2.75) is 25.3 Å². The van der Waals surface area contributed by atoms with Gasteiger partial charge in [0.25, 0.3) is 0 Å². The molecular formula is C18H22N2O. The number of carbonyl (C=O) groups excluding carboxylic acids is 1. The van der Waals surface area contributed by atoms with Crippen molar-refractivity contribution in [3.05, 3.63) is 71.8 Å². The van der Waals surface area contributed by atoms with Crippen LogP contribution < -0.4 is 11.1 Å². The number of nitrogens with two attached hydrogens (primary N) is 1. The largest absolute Gasteiger partial charge is 0.368 e. The Labute approximate surface area is 126 Å². The first kappa shape index (κ1) is 15.3. The Bertz CT molecular complexity index is 540. The fourth-order valence-corrected chi connectivity index (χ4v) is 2.34. The average molecular weight is 282 g/mol. The molecule has 2 aromatic carbocycles. The first-order valence-electron chi connectivity index (χ1n) is 7.36. The van der Waals surface area contributed by atoms with Gasteiger partial charge in [-0.2, -0.15) is 0 Å². The molecule has 0 aliphatic rings. The van der Waals surface area contributed by atoms with Gasteiger partial charge in [0.1, 0.15) is 0 Å². The summed E-state index contributed by atoms with van der Waals surface area (Å²) in [5.41, 5.74) is 7.97. The predicted molar refractivity (Wildman–Crippen MR) is 85.9 cm³/mol. The van der Waals surface area contributed by atoms with Gasteiger partial charge in [0, 0.05) is 0 Å². The molecule has 0 spiro atoms. The van der Waals surface area contributed by atoms with Gasteiger partial charge in [-0.3, -0.25) is 4.79 Å². The molecule has 0 saturated heterocycles. The molecule has 3 heteroatoms. The molecule has 3 N–H and O–H groups in total. The Balaban J connectivity index is 1.78. The van der Waals surface area contributed by atoms with Crippen LogP contribution >= 0.6 is 0 Å². The molecule has 0 bridgehead atoms. The van der Waals surface area contributed by atoms with Crippen LogP contribution in [-0.2, 0) is 17.6 Å². The van der Waals surface area contributed by atoms with Gasteiger partial charge in [0.05, 0.1) is 6.04 Å². The molecule has 1 unspecified atom stereocenters. The van der Waals surface area contributed by atoms with E-state index in [4.69, 9.17) is 5.73 Å². The van der Waals surface area contributed by atoms with Gasteiger partial charge < -0.3 is 11.1 Å². The zero-order valence-corrected chi connectivity index (χ0v) is 12.2. The van der Waals surface area contributed by atoms with E-state index in [0.717, 1.165) is 25.8 Å². The van der Waals surface area contributed by atoms with Crippen LogP contribution in [0.5, 0.6) is 0 Å². The third-order valence-corrected chi connectivity index (χ3v) is 3.56. The summed E-state index contributed by atoms with van der Waals surface area (Å²) in [5, 5.41) is 3.26. The van der Waals surface area contributed by atoms with E-state index >= 15 is 0 Å². The highest BCUT2D eigenvalue weighted by molar-refractivity contribution is 5.79. The van der Waals surface area contributed by atoms with E-state index in [1.54, 1.807) is 0 Å². The maximum absolute atomic E-state index is 11.5. The molecule has 0 fully saturated rings. The number of primary amides is 1. The average Bonchev–Trinajstić information content (AvgIpc) is 2.52. The van der Waals surface area contributed by atoms with Crippen LogP contribution in [0, 0.1) is 0 Å². The van der Waals surface area contributed by atoms with Crippen molar-refractivity contribution in [1.82, 2.24) is 5.32 Å². The van der Waals surface area contributed by atoms with Gasteiger partial charge in [-0.1, -0.05) is 60.7 Å². The molecule has 0 heterocycles.